The van der Waals surface area contributed by atoms with Gasteiger partial charge in [-0.2, -0.15) is 0 Å². The molecule has 2 aliphatic heterocycles. The quantitative estimate of drug-likeness (QED) is 0.829. The van der Waals surface area contributed by atoms with E-state index >= 15 is 0 Å². The predicted octanol–water partition coefficient (Wildman–Crippen LogP) is 0.782. The van der Waals surface area contributed by atoms with Crippen molar-refractivity contribution in [3.63, 3.8) is 0 Å². The normalized spacial score (nSPS) is 40.0. The van der Waals surface area contributed by atoms with Crippen LogP contribution >= 0.6 is 0 Å². The monoisotopic (exact) mass is 316 g/mol. The van der Waals surface area contributed by atoms with Crippen molar-refractivity contribution in [1.82, 2.24) is 19.8 Å². The van der Waals surface area contributed by atoms with Gasteiger partial charge in [-0.3, -0.25) is 9.69 Å². The average Bonchev–Trinajstić information content (AvgIpc) is 2.85. The van der Waals surface area contributed by atoms with Crippen LogP contribution in [0.15, 0.2) is 18.5 Å². The molecule has 1 amide bonds. The summed E-state index contributed by atoms with van der Waals surface area (Å²) in [4.78, 5) is 25.3. The van der Waals surface area contributed by atoms with Gasteiger partial charge < -0.3 is 10.0 Å². The smallest absolute Gasteiger partial charge is 0.291 e. The van der Waals surface area contributed by atoms with E-state index in [0.717, 1.165) is 19.3 Å². The highest BCUT2D eigenvalue weighted by Crippen LogP contribution is 2.51. The maximum absolute atomic E-state index is 12.8. The van der Waals surface area contributed by atoms with Gasteiger partial charge >= 0.3 is 0 Å². The first-order valence-electron chi connectivity index (χ1n) is 8.47. The molecule has 0 unspecified atom stereocenters. The zero-order valence-electron chi connectivity index (χ0n) is 13.7. The number of fused-ring (bicyclic) bond motifs is 2. The predicted molar refractivity (Wildman–Crippen MR) is 84.7 cm³/mol. The fourth-order valence-corrected chi connectivity index (χ4v) is 5.14. The van der Waals surface area contributed by atoms with Gasteiger partial charge in [0.25, 0.3) is 5.91 Å². The summed E-state index contributed by atoms with van der Waals surface area (Å²) in [5, 5.41) is 10.9. The molecule has 3 heterocycles. The Kier molecular flexibility index (Phi) is 3.43. The molecule has 1 N–H and O–H groups in total. The number of nitrogens with zero attached hydrogens (tertiary/aromatic N) is 4. The van der Waals surface area contributed by atoms with Gasteiger partial charge in [-0.1, -0.05) is 6.92 Å². The molecule has 3 fully saturated rings. The van der Waals surface area contributed by atoms with Crippen LogP contribution in [0.5, 0.6) is 0 Å². The summed E-state index contributed by atoms with van der Waals surface area (Å²) in [6.45, 7) is 3.52. The third-order valence-electron chi connectivity index (χ3n) is 6.37. The number of hydrogen-bond acceptors (Lipinski definition) is 5. The largest absolute Gasteiger partial charge is 0.392 e. The van der Waals surface area contributed by atoms with Gasteiger partial charge in [0.2, 0.25) is 5.82 Å². The fourth-order valence-electron chi connectivity index (χ4n) is 5.14. The first kappa shape index (κ1) is 15.0. The van der Waals surface area contributed by atoms with E-state index in [1.54, 1.807) is 18.5 Å². The molecule has 3 aliphatic rings. The lowest BCUT2D eigenvalue weighted by Gasteiger charge is -2.47. The fraction of sp³-hybridized carbons (Fsp3) is 0.706. The van der Waals surface area contributed by atoms with E-state index in [4.69, 9.17) is 0 Å². The summed E-state index contributed by atoms with van der Waals surface area (Å²) in [6, 6.07) is 2.43. The average molecular weight is 316 g/mol. The topological polar surface area (TPSA) is 69.6 Å². The second kappa shape index (κ2) is 5.24. The molecule has 6 heteroatoms. The first-order valence-corrected chi connectivity index (χ1v) is 8.47. The summed E-state index contributed by atoms with van der Waals surface area (Å²) < 4.78 is 0. The molecule has 1 saturated carbocycles. The molecular formula is C17H24N4O2. The minimum absolute atomic E-state index is 0.0410. The standard InChI is InChI=1S/C17H24N4O2/c1-17-8-12-10-21(16(23)15-18-6-3-7-19-15)9-11(14(17)22)4-5-13(17)20(12)2/h3,6-7,11-14,22H,4-5,8-10H2,1-2H3/t11-,12-,13-,14+,17-/m0/s1. The van der Waals surface area contributed by atoms with Crippen molar-refractivity contribution in [3.8, 4) is 0 Å². The number of carbonyl (C=O) groups excluding carboxylic acids is 1. The van der Waals surface area contributed by atoms with Gasteiger partial charge in [0.1, 0.15) is 0 Å². The molecule has 1 aromatic rings. The maximum Gasteiger partial charge on any atom is 0.291 e. The minimum Gasteiger partial charge on any atom is -0.392 e. The van der Waals surface area contributed by atoms with Gasteiger partial charge in [-0.05, 0) is 32.4 Å². The van der Waals surface area contributed by atoms with Crippen molar-refractivity contribution in [2.24, 2.45) is 11.3 Å². The van der Waals surface area contributed by atoms with E-state index in [-0.39, 0.29) is 29.2 Å². The number of aliphatic hydroxyl groups is 1. The molecule has 4 rings (SSSR count). The van der Waals surface area contributed by atoms with Crippen LogP contribution in [0, 0.1) is 11.3 Å². The van der Waals surface area contributed by atoms with Gasteiger partial charge in [0.05, 0.1) is 6.10 Å². The minimum atomic E-state index is -0.346. The lowest BCUT2D eigenvalue weighted by atomic mass is 9.64. The summed E-state index contributed by atoms with van der Waals surface area (Å²) in [7, 11) is 2.14. The lowest BCUT2D eigenvalue weighted by Crippen LogP contribution is -2.53. The van der Waals surface area contributed by atoms with Crippen LogP contribution in [0.4, 0.5) is 0 Å². The van der Waals surface area contributed by atoms with Crippen LogP contribution in [-0.2, 0) is 0 Å². The van der Waals surface area contributed by atoms with Crippen LogP contribution in [0.25, 0.3) is 0 Å². The number of hydrogen-bond donors (Lipinski definition) is 1. The van der Waals surface area contributed by atoms with E-state index in [1.807, 2.05) is 4.90 Å². The summed E-state index contributed by atoms with van der Waals surface area (Å²) >= 11 is 0. The van der Waals surface area contributed by atoms with Gasteiger partial charge in [0.15, 0.2) is 0 Å². The molecule has 2 saturated heterocycles. The Hall–Kier alpha value is -1.53. The summed E-state index contributed by atoms with van der Waals surface area (Å²) in [5.41, 5.74) is -0.0410. The maximum atomic E-state index is 12.8. The van der Waals surface area contributed by atoms with Crippen molar-refractivity contribution >= 4 is 5.91 Å². The third-order valence-corrected chi connectivity index (χ3v) is 6.37. The SMILES string of the molecule is CN1[C@@H]2CN(C(=O)c3ncccn3)C[C@@H]3CC[C@H]1[C@](C)(C2)[C@@H]3O. The number of likely N-dealkylation sites (tertiary alicyclic amines) is 2. The van der Waals surface area contributed by atoms with Crippen LogP contribution in [0.3, 0.4) is 0 Å². The Morgan fingerprint density at radius 3 is 2.78 bits per heavy atom. The van der Waals surface area contributed by atoms with E-state index in [9.17, 15) is 9.90 Å². The Balaban J connectivity index is 1.66. The molecule has 1 aliphatic carbocycles. The molecule has 3 bridgehead atoms. The molecule has 0 radical (unpaired) electrons. The highest BCUT2D eigenvalue weighted by molar-refractivity contribution is 5.90. The highest BCUT2D eigenvalue weighted by atomic mass is 16.3. The Labute approximate surface area is 136 Å². The Morgan fingerprint density at radius 1 is 1.30 bits per heavy atom. The zero-order chi connectivity index (χ0) is 16.2. The van der Waals surface area contributed by atoms with E-state index in [2.05, 4.69) is 28.8 Å². The van der Waals surface area contributed by atoms with Crippen molar-refractivity contribution in [2.45, 2.75) is 44.4 Å². The van der Waals surface area contributed by atoms with Crippen molar-refractivity contribution < 1.29 is 9.90 Å². The third kappa shape index (κ3) is 2.19. The zero-order valence-corrected chi connectivity index (χ0v) is 13.7. The molecule has 0 aromatic carbocycles. The number of aliphatic hydroxyl groups excluding tert-OH is 1. The molecule has 124 valence electrons. The van der Waals surface area contributed by atoms with Gasteiger partial charge in [0, 0.05) is 48.9 Å². The molecular weight excluding hydrogens is 292 g/mol. The number of rotatable bonds is 1. The van der Waals surface area contributed by atoms with Crippen LogP contribution in [0.2, 0.25) is 0 Å². The number of carbonyl (C=O) groups is 1. The second-order valence-corrected chi connectivity index (χ2v) is 7.61. The Bertz CT molecular complexity index is 608. The highest BCUT2D eigenvalue weighted by Gasteiger charge is 2.57. The van der Waals surface area contributed by atoms with Crippen LogP contribution < -0.4 is 0 Å². The molecule has 5 atom stereocenters. The van der Waals surface area contributed by atoms with Crippen molar-refractivity contribution in [3.05, 3.63) is 24.3 Å². The van der Waals surface area contributed by atoms with Gasteiger partial charge in [-0.25, -0.2) is 9.97 Å². The van der Waals surface area contributed by atoms with E-state index < -0.39 is 0 Å². The van der Waals surface area contributed by atoms with Crippen LogP contribution in [-0.4, -0.2) is 69.1 Å². The number of aromatic nitrogens is 2. The number of amides is 1. The molecule has 6 nitrogen and oxygen atoms in total. The first-order chi connectivity index (χ1) is 11.0. The molecule has 0 spiro atoms. The molecule has 23 heavy (non-hydrogen) atoms. The lowest BCUT2D eigenvalue weighted by molar-refractivity contribution is -0.0661. The van der Waals surface area contributed by atoms with Gasteiger partial charge in [-0.15, -0.1) is 0 Å². The number of likely N-dealkylation sites (N-methyl/N-ethyl adjacent to an activating group) is 1. The molecule has 1 aromatic heterocycles. The van der Waals surface area contributed by atoms with E-state index in [1.165, 1.54) is 0 Å². The Morgan fingerprint density at radius 2 is 2.04 bits per heavy atom. The summed E-state index contributed by atoms with van der Waals surface area (Å²) in [6.07, 6.45) is 5.88. The van der Waals surface area contributed by atoms with Crippen LogP contribution in [0.1, 0.15) is 36.8 Å². The van der Waals surface area contributed by atoms with E-state index in [0.29, 0.717) is 25.2 Å². The van der Waals surface area contributed by atoms with Crippen molar-refractivity contribution in [1.29, 1.82) is 0 Å². The van der Waals surface area contributed by atoms with Crippen molar-refractivity contribution in [2.75, 3.05) is 20.1 Å². The summed E-state index contributed by atoms with van der Waals surface area (Å²) in [5.74, 6) is 0.280. The second-order valence-electron chi connectivity index (χ2n) is 7.61.